The summed E-state index contributed by atoms with van der Waals surface area (Å²) in [5, 5.41) is 2.98. The number of amides is 2. The summed E-state index contributed by atoms with van der Waals surface area (Å²) < 4.78 is 0. The maximum Gasteiger partial charge on any atom is 0.248 e. The van der Waals surface area contributed by atoms with Gasteiger partial charge in [0.25, 0.3) is 0 Å². The van der Waals surface area contributed by atoms with Gasteiger partial charge in [0.2, 0.25) is 11.8 Å². The Morgan fingerprint density at radius 2 is 1.95 bits per heavy atom. The molecule has 0 aromatic rings. The Morgan fingerprint density at radius 1 is 1.25 bits per heavy atom. The molecule has 1 N–H and O–H groups in total. The van der Waals surface area contributed by atoms with Crippen LogP contribution in [0.2, 0.25) is 0 Å². The van der Waals surface area contributed by atoms with E-state index < -0.39 is 5.54 Å². The van der Waals surface area contributed by atoms with Gasteiger partial charge in [-0.3, -0.25) is 9.59 Å². The van der Waals surface area contributed by atoms with Crippen LogP contribution in [0.1, 0.15) is 46.0 Å². The van der Waals surface area contributed by atoms with E-state index in [1.807, 2.05) is 18.7 Å². The van der Waals surface area contributed by atoms with Gasteiger partial charge in [0.05, 0.1) is 0 Å². The van der Waals surface area contributed by atoms with Crippen LogP contribution in [0.3, 0.4) is 0 Å². The number of likely N-dealkylation sites (N-methyl/N-ethyl adjacent to an activating group) is 1. The third kappa shape index (κ3) is 2.82. The van der Waals surface area contributed by atoms with E-state index in [1.54, 1.807) is 0 Å². The Labute approximate surface area is 121 Å². The van der Waals surface area contributed by atoms with Crippen LogP contribution < -0.4 is 5.32 Å². The topological polar surface area (TPSA) is 52.7 Å². The van der Waals surface area contributed by atoms with E-state index >= 15 is 0 Å². The van der Waals surface area contributed by atoms with E-state index in [0.29, 0.717) is 25.8 Å². The first-order chi connectivity index (χ1) is 9.52. The second kappa shape index (κ2) is 6.12. The molecule has 0 aromatic heterocycles. The molecule has 1 atom stereocenters. The Bertz CT molecular complexity index is 379. The quantitative estimate of drug-likeness (QED) is 0.839. The highest BCUT2D eigenvalue weighted by molar-refractivity contribution is 5.93. The van der Waals surface area contributed by atoms with Gasteiger partial charge < -0.3 is 15.1 Å². The number of hydrogen-bond acceptors (Lipinski definition) is 3. The second-order valence-corrected chi connectivity index (χ2v) is 6.14. The van der Waals surface area contributed by atoms with Gasteiger partial charge in [0, 0.05) is 25.6 Å². The first kappa shape index (κ1) is 15.3. The van der Waals surface area contributed by atoms with Crippen LogP contribution in [-0.4, -0.2) is 59.9 Å². The molecule has 0 saturated carbocycles. The summed E-state index contributed by atoms with van der Waals surface area (Å²) in [6.45, 7) is 6.55. The molecule has 2 amide bonds. The third-order valence-electron chi connectivity index (χ3n) is 4.88. The largest absolute Gasteiger partial charge is 0.342 e. The summed E-state index contributed by atoms with van der Waals surface area (Å²) in [6.07, 6.45) is 3.92. The lowest BCUT2D eigenvalue weighted by molar-refractivity contribution is -0.142. The van der Waals surface area contributed by atoms with Crippen molar-refractivity contribution < 1.29 is 9.59 Å². The molecule has 20 heavy (non-hydrogen) atoms. The Kier molecular flexibility index (Phi) is 4.68. The summed E-state index contributed by atoms with van der Waals surface area (Å²) in [5.74, 6) is 0.127. The lowest BCUT2D eigenvalue weighted by atomic mass is 9.90. The van der Waals surface area contributed by atoms with Crippen LogP contribution in [0.25, 0.3) is 0 Å². The monoisotopic (exact) mass is 281 g/mol. The number of carbonyl (C=O) groups excluding carboxylic acids is 2. The Hall–Kier alpha value is -1.10. The number of likely N-dealkylation sites (tertiary alicyclic amines) is 1. The highest BCUT2D eigenvalue weighted by Gasteiger charge is 2.44. The summed E-state index contributed by atoms with van der Waals surface area (Å²) >= 11 is 0. The molecule has 2 fully saturated rings. The second-order valence-electron chi connectivity index (χ2n) is 6.14. The summed E-state index contributed by atoms with van der Waals surface area (Å²) in [4.78, 5) is 29.2. The molecule has 1 unspecified atom stereocenters. The van der Waals surface area contributed by atoms with Crippen LogP contribution in [0.5, 0.6) is 0 Å². The fraction of sp³-hybridized carbons (Fsp3) is 0.867. The minimum atomic E-state index is -0.691. The lowest BCUT2D eigenvalue weighted by Crippen LogP contribution is -2.60. The van der Waals surface area contributed by atoms with E-state index in [4.69, 9.17) is 0 Å². The van der Waals surface area contributed by atoms with Crippen molar-refractivity contribution in [1.82, 2.24) is 15.1 Å². The predicted octanol–water partition coefficient (Wildman–Crippen LogP) is 0.988. The highest BCUT2D eigenvalue weighted by Crippen LogP contribution is 2.26. The number of nitrogens with zero attached hydrogens (tertiary/aromatic N) is 2. The zero-order valence-electron chi connectivity index (χ0n) is 12.9. The van der Waals surface area contributed by atoms with Crippen LogP contribution in [0.15, 0.2) is 0 Å². The summed E-state index contributed by atoms with van der Waals surface area (Å²) in [6, 6.07) is 0.256. The molecule has 0 aliphatic carbocycles. The fourth-order valence-corrected chi connectivity index (χ4v) is 3.45. The molecule has 0 bridgehead atoms. The summed E-state index contributed by atoms with van der Waals surface area (Å²) in [7, 11) is 2.10. The van der Waals surface area contributed by atoms with Gasteiger partial charge in [-0.15, -0.1) is 0 Å². The number of nitrogens with one attached hydrogen (secondary N) is 1. The average molecular weight is 281 g/mol. The van der Waals surface area contributed by atoms with Gasteiger partial charge in [0.1, 0.15) is 5.54 Å². The number of carbonyl (C=O) groups is 2. The van der Waals surface area contributed by atoms with Gasteiger partial charge in [-0.25, -0.2) is 0 Å². The molecular formula is C15H27N3O2. The van der Waals surface area contributed by atoms with Crippen LogP contribution in [0.4, 0.5) is 0 Å². The van der Waals surface area contributed by atoms with Crippen molar-refractivity contribution in [3.63, 3.8) is 0 Å². The fourth-order valence-electron chi connectivity index (χ4n) is 3.45. The zero-order chi connectivity index (χ0) is 14.8. The van der Waals surface area contributed by atoms with Gasteiger partial charge in [-0.05, 0) is 39.3 Å². The molecule has 5 heteroatoms. The van der Waals surface area contributed by atoms with Crippen molar-refractivity contribution in [2.75, 3.05) is 26.7 Å². The SMILES string of the molecule is CCC1(CC)NC(=O)CCN(C2CCCN(C)C2)C1=O. The van der Waals surface area contributed by atoms with Crippen molar-refractivity contribution >= 4 is 11.8 Å². The Morgan fingerprint density at radius 3 is 2.55 bits per heavy atom. The number of piperidine rings is 1. The van der Waals surface area contributed by atoms with Crippen LogP contribution in [0, 0.1) is 0 Å². The van der Waals surface area contributed by atoms with Crippen molar-refractivity contribution in [1.29, 1.82) is 0 Å². The van der Waals surface area contributed by atoms with Crippen LogP contribution >= 0.6 is 0 Å². The molecule has 0 aromatic carbocycles. The lowest BCUT2D eigenvalue weighted by Gasteiger charge is -2.41. The van der Waals surface area contributed by atoms with Crippen molar-refractivity contribution in [3.8, 4) is 0 Å². The molecule has 0 spiro atoms. The normalized spacial score (nSPS) is 28.1. The van der Waals surface area contributed by atoms with Crippen LogP contribution in [-0.2, 0) is 9.59 Å². The molecule has 0 radical (unpaired) electrons. The highest BCUT2D eigenvalue weighted by atomic mass is 16.2. The molecule has 2 saturated heterocycles. The first-order valence-electron chi connectivity index (χ1n) is 7.83. The molecule has 114 valence electrons. The molecule has 2 aliphatic rings. The third-order valence-corrected chi connectivity index (χ3v) is 4.88. The van der Waals surface area contributed by atoms with E-state index in [2.05, 4.69) is 17.3 Å². The van der Waals surface area contributed by atoms with Gasteiger partial charge in [-0.2, -0.15) is 0 Å². The standard InChI is InChI=1S/C15H27N3O2/c1-4-15(5-2)14(20)18(10-8-13(19)16-15)12-7-6-9-17(3)11-12/h12H,4-11H2,1-3H3,(H,16,19). The molecule has 2 heterocycles. The average Bonchev–Trinajstić information content (AvgIpc) is 2.56. The number of rotatable bonds is 3. The molecule has 5 nitrogen and oxygen atoms in total. The smallest absolute Gasteiger partial charge is 0.248 e. The summed E-state index contributed by atoms with van der Waals surface area (Å²) in [5.41, 5.74) is -0.691. The van der Waals surface area contributed by atoms with Gasteiger partial charge in [0.15, 0.2) is 0 Å². The first-order valence-corrected chi connectivity index (χ1v) is 7.83. The maximum atomic E-state index is 13.0. The molecule has 2 aliphatic heterocycles. The van der Waals surface area contributed by atoms with E-state index in [-0.39, 0.29) is 17.9 Å². The van der Waals surface area contributed by atoms with E-state index in [0.717, 1.165) is 25.9 Å². The number of hydrogen-bond donors (Lipinski definition) is 1. The molecule has 2 rings (SSSR count). The van der Waals surface area contributed by atoms with Gasteiger partial charge in [-0.1, -0.05) is 13.8 Å². The zero-order valence-corrected chi connectivity index (χ0v) is 12.9. The van der Waals surface area contributed by atoms with Gasteiger partial charge >= 0.3 is 0 Å². The molecular weight excluding hydrogens is 254 g/mol. The predicted molar refractivity (Wildman–Crippen MR) is 78.3 cm³/mol. The Balaban J connectivity index is 2.23. The van der Waals surface area contributed by atoms with Crippen molar-refractivity contribution in [2.45, 2.75) is 57.5 Å². The van der Waals surface area contributed by atoms with Crippen molar-refractivity contribution in [3.05, 3.63) is 0 Å². The minimum absolute atomic E-state index is 0.00807. The van der Waals surface area contributed by atoms with E-state index in [9.17, 15) is 9.59 Å². The maximum absolute atomic E-state index is 13.0. The minimum Gasteiger partial charge on any atom is -0.342 e. The van der Waals surface area contributed by atoms with E-state index in [1.165, 1.54) is 0 Å². The van der Waals surface area contributed by atoms with Crippen molar-refractivity contribution in [2.24, 2.45) is 0 Å².